The fourth-order valence-electron chi connectivity index (χ4n) is 2.12. The van der Waals surface area contributed by atoms with Crippen molar-refractivity contribution in [3.05, 3.63) is 40.4 Å². The van der Waals surface area contributed by atoms with Crippen LogP contribution in [0.3, 0.4) is 0 Å². The molecule has 3 aromatic rings. The van der Waals surface area contributed by atoms with Gasteiger partial charge in [-0.2, -0.15) is 4.98 Å². The molecule has 0 spiro atoms. The molecule has 2 aromatic heterocycles. The van der Waals surface area contributed by atoms with Crippen molar-refractivity contribution >= 4 is 27.1 Å². The number of imidazole rings is 1. The zero-order valence-corrected chi connectivity index (χ0v) is 12.9. The van der Waals surface area contributed by atoms with E-state index >= 15 is 0 Å². The van der Waals surface area contributed by atoms with Crippen LogP contribution in [-0.2, 0) is 0 Å². The third-order valence-corrected chi connectivity index (χ3v) is 3.55. The Kier molecular flexibility index (Phi) is 3.44. The topological polar surface area (TPSA) is 50.8 Å². The highest BCUT2D eigenvalue weighted by Crippen LogP contribution is 2.26. The van der Waals surface area contributed by atoms with Crippen LogP contribution in [-0.4, -0.2) is 21.6 Å². The van der Waals surface area contributed by atoms with E-state index in [1.807, 2.05) is 31.2 Å². The van der Waals surface area contributed by atoms with Crippen LogP contribution < -0.4 is 4.74 Å². The third kappa shape index (κ3) is 2.41. The Morgan fingerprint density at radius 1 is 1.20 bits per heavy atom. The lowest BCUT2D eigenvalue weighted by Crippen LogP contribution is -1.93. The molecule has 5 heteroatoms. The van der Waals surface area contributed by atoms with E-state index in [9.17, 15) is 0 Å². The summed E-state index contributed by atoms with van der Waals surface area (Å²) in [6.45, 7) is 4.60. The van der Waals surface area contributed by atoms with E-state index in [0.29, 0.717) is 18.1 Å². The summed E-state index contributed by atoms with van der Waals surface area (Å²) in [6, 6.07) is 9.91. The summed E-state index contributed by atoms with van der Waals surface area (Å²) in [5.74, 6) is 1.43. The van der Waals surface area contributed by atoms with Crippen molar-refractivity contribution in [2.75, 3.05) is 6.61 Å². The minimum Gasteiger partial charge on any atom is -0.478 e. The fourth-order valence-corrected chi connectivity index (χ4v) is 2.60. The number of aryl methyl sites for hydroxylation is 1. The van der Waals surface area contributed by atoms with Crippen LogP contribution >= 0.6 is 15.9 Å². The van der Waals surface area contributed by atoms with Crippen molar-refractivity contribution < 1.29 is 4.74 Å². The fraction of sp³-hybridized carbons (Fsp3) is 0.200. The van der Waals surface area contributed by atoms with Crippen LogP contribution in [0.1, 0.15) is 12.5 Å². The molecule has 0 saturated carbocycles. The number of pyridine rings is 1. The zero-order chi connectivity index (χ0) is 14.1. The number of benzene rings is 1. The molecule has 0 amide bonds. The molecule has 0 saturated heterocycles. The molecule has 0 atom stereocenters. The number of aromatic nitrogens is 3. The maximum Gasteiger partial charge on any atom is 0.215 e. The molecule has 0 radical (unpaired) electrons. The largest absolute Gasteiger partial charge is 0.478 e. The molecule has 0 unspecified atom stereocenters. The van der Waals surface area contributed by atoms with E-state index in [1.54, 1.807) is 0 Å². The van der Waals surface area contributed by atoms with Gasteiger partial charge in [0.15, 0.2) is 5.65 Å². The van der Waals surface area contributed by atoms with Crippen molar-refractivity contribution in [1.29, 1.82) is 0 Å². The third-order valence-electron chi connectivity index (χ3n) is 3.06. The number of nitrogens with one attached hydrogen (secondary N) is 1. The molecule has 1 aromatic carbocycles. The Bertz CT molecular complexity index is 767. The van der Waals surface area contributed by atoms with Gasteiger partial charge in [-0.1, -0.05) is 15.9 Å². The average Bonchev–Trinajstić information content (AvgIpc) is 2.81. The van der Waals surface area contributed by atoms with Crippen molar-refractivity contribution in [2.45, 2.75) is 13.8 Å². The van der Waals surface area contributed by atoms with Gasteiger partial charge < -0.3 is 9.72 Å². The Hall–Kier alpha value is -1.88. The average molecular weight is 332 g/mol. The van der Waals surface area contributed by atoms with Gasteiger partial charge in [-0.15, -0.1) is 0 Å². The molecule has 2 heterocycles. The molecule has 102 valence electrons. The second kappa shape index (κ2) is 5.25. The number of ether oxygens (including phenoxy) is 1. The first kappa shape index (κ1) is 13.1. The van der Waals surface area contributed by atoms with Gasteiger partial charge in [-0.05, 0) is 43.7 Å². The summed E-state index contributed by atoms with van der Waals surface area (Å²) in [5.41, 5.74) is 3.81. The molecular formula is C15H14BrN3O. The second-order valence-corrected chi connectivity index (χ2v) is 5.41. The minimum absolute atomic E-state index is 0.599. The highest BCUT2D eigenvalue weighted by molar-refractivity contribution is 9.10. The highest BCUT2D eigenvalue weighted by atomic mass is 79.9. The maximum absolute atomic E-state index is 5.40. The summed E-state index contributed by atoms with van der Waals surface area (Å²) in [5, 5.41) is 0. The lowest BCUT2D eigenvalue weighted by atomic mass is 10.1. The molecule has 0 fully saturated rings. The van der Waals surface area contributed by atoms with Crippen molar-refractivity contribution in [3.63, 3.8) is 0 Å². The van der Waals surface area contributed by atoms with Gasteiger partial charge in [0.05, 0.1) is 12.1 Å². The van der Waals surface area contributed by atoms with Crippen molar-refractivity contribution in [1.82, 2.24) is 15.0 Å². The number of hydrogen-bond donors (Lipinski definition) is 1. The summed E-state index contributed by atoms with van der Waals surface area (Å²) in [6.07, 6.45) is 0. The van der Waals surface area contributed by atoms with Crippen LogP contribution in [0.2, 0.25) is 0 Å². The Balaban J connectivity index is 2.08. The molecular weight excluding hydrogens is 318 g/mol. The highest BCUT2D eigenvalue weighted by Gasteiger charge is 2.09. The Morgan fingerprint density at radius 2 is 2.05 bits per heavy atom. The lowest BCUT2D eigenvalue weighted by Gasteiger charge is -2.02. The van der Waals surface area contributed by atoms with Gasteiger partial charge in [0, 0.05) is 16.1 Å². The molecule has 0 bridgehead atoms. The van der Waals surface area contributed by atoms with E-state index in [1.165, 1.54) is 0 Å². The van der Waals surface area contributed by atoms with Crippen LogP contribution in [0.5, 0.6) is 5.88 Å². The zero-order valence-electron chi connectivity index (χ0n) is 11.3. The predicted molar refractivity (Wildman–Crippen MR) is 82.9 cm³/mol. The standard InChI is InChI=1S/C15H14BrN3O/c1-3-20-13-7-6-12-15(18-13)19-14(17-12)11-5-4-10(16)8-9(11)2/h4-8H,3H2,1-2H3,(H,17,18,19). The lowest BCUT2D eigenvalue weighted by molar-refractivity contribution is 0.328. The molecule has 4 nitrogen and oxygen atoms in total. The first-order valence-electron chi connectivity index (χ1n) is 6.43. The Morgan fingerprint density at radius 3 is 2.80 bits per heavy atom. The number of halogens is 1. The van der Waals surface area contributed by atoms with Gasteiger partial charge in [0.25, 0.3) is 0 Å². The second-order valence-electron chi connectivity index (χ2n) is 4.50. The van der Waals surface area contributed by atoms with E-state index < -0.39 is 0 Å². The van der Waals surface area contributed by atoms with E-state index in [2.05, 4.69) is 43.9 Å². The van der Waals surface area contributed by atoms with Gasteiger partial charge in [-0.3, -0.25) is 0 Å². The van der Waals surface area contributed by atoms with Gasteiger partial charge >= 0.3 is 0 Å². The van der Waals surface area contributed by atoms with Crippen LogP contribution in [0, 0.1) is 6.92 Å². The Labute approximate surface area is 125 Å². The number of H-pyrrole nitrogens is 1. The number of fused-ring (bicyclic) bond motifs is 1. The minimum atomic E-state index is 0.599. The smallest absolute Gasteiger partial charge is 0.215 e. The summed E-state index contributed by atoms with van der Waals surface area (Å²) >= 11 is 3.47. The SMILES string of the molecule is CCOc1ccc2[nH]c(-c3ccc(Br)cc3C)nc2n1. The van der Waals surface area contributed by atoms with Crippen molar-refractivity contribution in [2.24, 2.45) is 0 Å². The summed E-state index contributed by atoms with van der Waals surface area (Å²) in [7, 11) is 0. The normalized spacial score (nSPS) is 10.9. The van der Waals surface area contributed by atoms with E-state index in [0.717, 1.165) is 26.9 Å². The maximum atomic E-state index is 5.40. The van der Waals surface area contributed by atoms with Crippen molar-refractivity contribution in [3.8, 4) is 17.3 Å². The van der Waals surface area contributed by atoms with Crippen LogP contribution in [0.4, 0.5) is 0 Å². The van der Waals surface area contributed by atoms with E-state index in [-0.39, 0.29) is 0 Å². The predicted octanol–water partition coefficient (Wildman–Crippen LogP) is 4.09. The molecule has 0 aliphatic carbocycles. The quantitative estimate of drug-likeness (QED) is 0.786. The van der Waals surface area contributed by atoms with Gasteiger partial charge in [-0.25, -0.2) is 4.98 Å². The van der Waals surface area contributed by atoms with Gasteiger partial charge in [0.1, 0.15) is 5.82 Å². The summed E-state index contributed by atoms with van der Waals surface area (Å²) < 4.78 is 6.46. The number of nitrogens with zero attached hydrogens (tertiary/aromatic N) is 2. The molecule has 0 aliphatic heterocycles. The number of rotatable bonds is 3. The van der Waals surface area contributed by atoms with E-state index in [4.69, 9.17) is 4.74 Å². The first-order chi connectivity index (χ1) is 9.67. The monoisotopic (exact) mass is 331 g/mol. The molecule has 0 aliphatic rings. The van der Waals surface area contributed by atoms with Crippen LogP contribution in [0.25, 0.3) is 22.6 Å². The summed E-state index contributed by atoms with van der Waals surface area (Å²) in [4.78, 5) is 12.2. The molecule has 20 heavy (non-hydrogen) atoms. The number of aromatic amines is 1. The first-order valence-corrected chi connectivity index (χ1v) is 7.23. The van der Waals surface area contributed by atoms with Crippen LogP contribution in [0.15, 0.2) is 34.8 Å². The molecule has 1 N–H and O–H groups in total. The molecule has 3 rings (SSSR count). The number of hydrogen-bond acceptors (Lipinski definition) is 3. The van der Waals surface area contributed by atoms with Gasteiger partial charge in [0.2, 0.25) is 5.88 Å².